The number of benzene rings is 1. The average Bonchev–Trinajstić information content (AvgIpc) is 2.47. The first-order chi connectivity index (χ1) is 10.7. The predicted molar refractivity (Wildman–Crippen MR) is 93.8 cm³/mol. The van der Waals surface area contributed by atoms with Gasteiger partial charge in [-0.05, 0) is 50.2 Å². The van der Waals surface area contributed by atoms with E-state index < -0.39 is 0 Å². The summed E-state index contributed by atoms with van der Waals surface area (Å²) >= 11 is 0. The van der Waals surface area contributed by atoms with E-state index in [0.29, 0.717) is 6.54 Å². The summed E-state index contributed by atoms with van der Waals surface area (Å²) in [4.78, 5) is 16.2. The largest absolute Gasteiger partial charge is 0.482 e. The van der Waals surface area contributed by atoms with Crippen LogP contribution in [0.1, 0.15) is 38.8 Å². The Labute approximate surface area is 139 Å². The second-order valence-corrected chi connectivity index (χ2v) is 7.56. The highest BCUT2D eigenvalue weighted by molar-refractivity contribution is 5.97. The van der Waals surface area contributed by atoms with E-state index in [1.54, 1.807) is 0 Å². The van der Waals surface area contributed by atoms with Gasteiger partial charge in [0.2, 0.25) is 0 Å². The molecule has 2 rings (SSSR count). The molecule has 0 aromatic heterocycles. The van der Waals surface area contributed by atoms with Gasteiger partial charge in [0, 0.05) is 12.6 Å². The average molecular weight is 319 g/mol. The summed E-state index contributed by atoms with van der Waals surface area (Å²) in [6.07, 6.45) is 0.924. The summed E-state index contributed by atoms with van der Waals surface area (Å²) in [7, 11) is 4.07. The van der Waals surface area contributed by atoms with E-state index >= 15 is 0 Å². The normalized spacial score (nSPS) is 16.3. The SMILES string of the molecule is CN(C)CCCN1C(=O)COc2ccc(C(N)C(C)(C)C)cc21. The van der Waals surface area contributed by atoms with Crippen molar-refractivity contribution in [3.05, 3.63) is 23.8 Å². The molecule has 0 saturated heterocycles. The van der Waals surface area contributed by atoms with Crippen molar-refractivity contribution in [3.8, 4) is 5.75 Å². The summed E-state index contributed by atoms with van der Waals surface area (Å²) in [6, 6.07) is 5.86. The lowest BCUT2D eigenvalue weighted by atomic mass is 9.83. The van der Waals surface area contributed by atoms with Gasteiger partial charge >= 0.3 is 0 Å². The van der Waals surface area contributed by atoms with Crippen LogP contribution < -0.4 is 15.4 Å². The maximum Gasteiger partial charge on any atom is 0.265 e. The maximum absolute atomic E-state index is 12.3. The third kappa shape index (κ3) is 4.24. The fourth-order valence-corrected chi connectivity index (χ4v) is 2.70. The molecule has 0 spiro atoms. The van der Waals surface area contributed by atoms with Gasteiger partial charge in [-0.2, -0.15) is 0 Å². The summed E-state index contributed by atoms with van der Waals surface area (Å²) in [6.45, 7) is 8.11. The van der Waals surface area contributed by atoms with Gasteiger partial charge in [-0.3, -0.25) is 4.79 Å². The Morgan fingerprint density at radius 1 is 1.35 bits per heavy atom. The predicted octanol–water partition coefficient (Wildman–Crippen LogP) is 2.41. The zero-order valence-corrected chi connectivity index (χ0v) is 14.9. The van der Waals surface area contributed by atoms with Gasteiger partial charge in [0.15, 0.2) is 6.61 Å². The molecule has 0 bridgehead atoms. The highest BCUT2D eigenvalue weighted by Crippen LogP contribution is 2.38. The smallest absolute Gasteiger partial charge is 0.265 e. The quantitative estimate of drug-likeness (QED) is 0.905. The lowest BCUT2D eigenvalue weighted by Crippen LogP contribution is -2.40. The number of amides is 1. The van der Waals surface area contributed by atoms with Gasteiger partial charge in [-0.25, -0.2) is 0 Å². The van der Waals surface area contributed by atoms with E-state index in [-0.39, 0.29) is 24.0 Å². The highest BCUT2D eigenvalue weighted by atomic mass is 16.5. The third-order valence-corrected chi connectivity index (χ3v) is 4.21. The number of fused-ring (bicyclic) bond motifs is 1. The molecule has 1 aromatic carbocycles. The molecule has 0 radical (unpaired) electrons. The van der Waals surface area contributed by atoms with Crippen molar-refractivity contribution >= 4 is 11.6 Å². The molecule has 1 aromatic rings. The first-order valence-electron chi connectivity index (χ1n) is 8.17. The number of carbonyl (C=O) groups excluding carboxylic acids is 1. The minimum atomic E-state index is -0.0894. The molecule has 1 amide bonds. The molecule has 23 heavy (non-hydrogen) atoms. The van der Waals surface area contributed by atoms with Gasteiger partial charge in [0.1, 0.15) is 5.75 Å². The standard InChI is InChI=1S/C18H29N3O2/c1-18(2,3)17(19)13-7-8-15-14(11-13)21(16(22)12-23-15)10-6-9-20(4)5/h7-8,11,17H,6,9-10,12,19H2,1-5H3. The summed E-state index contributed by atoms with van der Waals surface area (Å²) < 4.78 is 5.57. The van der Waals surface area contributed by atoms with Gasteiger partial charge in [0.25, 0.3) is 5.91 Å². The Morgan fingerprint density at radius 3 is 2.65 bits per heavy atom. The Bertz CT molecular complexity index is 564. The number of rotatable bonds is 5. The molecule has 1 aliphatic heterocycles. The van der Waals surface area contributed by atoms with Crippen LogP contribution >= 0.6 is 0 Å². The van der Waals surface area contributed by atoms with Crippen molar-refractivity contribution in [1.82, 2.24) is 4.90 Å². The molecule has 1 heterocycles. The Balaban J connectivity index is 2.26. The molecule has 0 fully saturated rings. The monoisotopic (exact) mass is 319 g/mol. The first-order valence-corrected chi connectivity index (χ1v) is 8.17. The highest BCUT2D eigenvalue weighted by Gasteiger charge is 2.28. The minimum absolute atomic E-state index is 0.0118. The van der Waals surface area contributed by atoms with Crippen molar-refractivity contribution < 1.29 is 9.53 Å². The number of ether oxygens (including phenoxy) is 1. The fourth-order valence-electron chi connectivity index (χ4n) is 2.70. The van der Waals surface area contributed by atoms with Crippen LogP contribution in [-0.2, 0) is 4.79 Å². The number of hydrogen-bond acceptors (Lipinski definition) is 4. The van der Waals surface area contributed by atoms with E-state index in [4.69, 9.17) is 10.5 Å². The second-order valence-electron chi connectivity index (χ2n) is 7.56. The van der Waals surface area contributed by atoms with Gasteiger partial charge in [-0.1, -0.05) is 26.8 Å². The zero-order valence-electron chi connectivity index (χ0n) is 14.9. The number of anilines is 1. The molecule has 5 nitrogen and oxygen atoms in total. The van der Waals surface area contributed by atoms with Crippen molar-refractivity contribution in [3.63, 3.8) is 0 Å². The summed E-state index contributed by atoms with van der Waals surface area (Å²) in [5.41, 5.74) is 8.22. The maximum atomic E-state index is 12.3. The first kappa shape index (κ1) is 17.8. The molecular formula is C18H29N3O2. The molecule has 128 valence electrons. The molecule has 0 aliphatic carbocycles. The van der Waals surface area contributed by atoms with E-state index in [1.807, 2.05) is 37.2 Å². The topological polar surface area (TPSA) is 58.8 Å². The lowest BCUT2D eigenvalue weighted by molar-refractivity contribution is -0.121. The lowest BCUT2D eigenvalue weighted by Gasteiger charge is -2.32. The summed E-state index contributed by atoms with van der Waals surface area (Å²) in [5, 5.41) is 0. The molecule has 5 heteroatoms. The van der Waals surface area contributed by atoms with Crippen LogP contribution in [0.15, 0.2) is 18.2 Å². The zero-order chi connectivity index (χ0) is 17.2. The number of nitrogens with zero attached hydrogens (tertiary/aromatic N) is 2. The minimum Gasteiger partial charge on any atom is -0.482 e. The van der Waals surface area contributed by atoms with Crippen LogP contribution in [0.25, 0.3) is 0 Å². The van der Waals surface area contributed by atoms with Crippen LogP contribution in [-0.4, -0.2) is 44.6 Å². The van der Waals surface area contributed by atoms with Crippen LogP contribution in [0, 0.1) is 5.41 Å². The van der Waals surface area contributed by atoms with Crippen molar-refractivity contribution in [1.29, 1.82) is 0 Å². The van der Waals surface area contributed by atoms with Gasteiger partial charge in [-0.15, -0.1) is 0 Å². The molecular weight excluding hydrogens is 290 g/mol. The molecule has 1 atom stereocenters. The second kappa shape index (κ2) is 6.89. The van der Waals surface area contributed by atoms with E-state index in [0.717, 1.165) is 30.0 Å². The van der Waals surface area contributed by atoms with Crippen LogP contribution in [0.4, 0.5) is 5.69 Å². The molecule has 1 aliphatic rings. The van der Waals surface area contributed by atoms with Gasteiger partial charge < -0.3 is 20.3 Å². The number of nitrogens with two attached hydrogens (primary N) is 1. The third-order valence-electron chi connectivity index (χ3n) is 4.21. The van der Waals surface area contributed by atoms with E-state index in [9.17, 15) is 4.79 Å². The van der Waals surface area contributed by atoms with E-state index in [2.05, 4.69) is 25.7 Å². The van der Waals surface area contributed by atoms with E-state index in [1.165, 1.54) is 0 Å². The Morgan fingerprint density at radius 2 is 2.04 bits per heavy atom. The fraction of sp³-hybridized carbons (Fsp3) is 0.611. The molecule has 1 unspecified atom stereocenters. The van der Waals surface area contributed by atoms with Crippen LogP contribution in [0.2, 0.25) is 0 Å². The molecule has 0 saturated carbocycles. The van der Waals surface area contributed by atoms with Crippen LogP contribution in [0.5, 0.6) is 5.75 Å². The Hall–Kier alpha value is -1.59. The Kier molecular flexibility index (Phi) is 5.32. The summed E-state index contributed by atoms with van der Waals surface area (Å²) in [5.74, 6) is 0.775. The number of carbonyl (C=O) groups is 1. The van der Waals surface area contributed by atoms with Gasteiger partial charge in [0.05, 0.1) is 5.69 Å². The van der Waals surface area contributed by atoms with Crippen LogP contribution in [0.3, 0.4) is 0 Å². The van der Waals surface area contributed by atoms with Crippen molar-refractivity contribution in [2.45, 2.75) is 33.2 Å². The molecule has 2 N–H and O–H groups in total. The van der Waals surface area contributed by atoms with Crippen molar-refractivity contribution in [2.24, 2.45) is 11.1 Å². The van der Waals surface area contributed by atoms with Crippen molar-refractivity contribution in [2.75, 3.05) is 38.7 Å². The number of hydrogen-bond donors (Lipinski definition) is 1.